The average molecular weight is 293 g/mol. The molecule has 0 fully saturated rings. The number of hydrogen-bond acceptors (Lipinski definition) is 4. The summed E-state index contributed by atoms with van der Waals surface area (Å²) in [6.07, 6.45) is -0.0644. The molecule has 0 spiro atoms. The molecule has 0 saturated heterocycles. The van der Waals surface area contributed by atoms with Crippen molar-refractivity contribution < 1.29 is 21.4 Å². The van der Waals surface area contributed by atoms with Crippen molar-refractivity contribution in [1.82, 2.24) is 0 Å². The van der Waals surface area contributed by atoms with Crippen LogP contribution in [0.4, 0.5) is 0 Å². The van der Waals surface area contributed by atoms with Crippen LogP contribution in [0.25, 0.3) is 0 Å². The third-order valence-corrected chi connectivity index (χ3v) is 8.42. The SMILES string of the molecule is CCC(C)(C(C)(CC)S(=O)(=O)Cl)S(=O)(=O)O. The Bertz CT molecular complexity index is 411. The summed E-state index contributed by atoms with van der Waals surface area (Å²) in [6.45, 7) is 5.42. The van der Waals surface area contributed by atoms with E-state index < -0.39 is 28.7 Å². The van der Waals surface area contributed by atoms with Crippen molar-refractivity contribution in [3.05, 3.63) is 0 Å². The van der Waals surface area contributed by atoms with Crippen molar-refractivity contribution in [1.29, 1.82) is 0 Å². The third kappa shape index (κ3) is 2.23. The Balaban J connectivity index is 6.13. The lowest BCUT2D eigenvalue weighted by atomic mass is 9.89. The van der Waals surface area contributed by atoms with Gasteiger partial charge in [0.15, 0.2) is 0 Å². The highest BCUT2D eigenvalue weighted by molar-refractivity contribution is 8.15. The minimum absolute atomic E-state index is 0.0109. The first kappa shape index (κ1) is 16.1. The van der Waals surface area contributed by atoms with Gasteiger partial charge in [0, 0.05) is 10.7 Å². The minimum Gasteiger partial charge on any atom is -0.285 e. The van der Waals surface area contributed by atoms with Crippen molar-refractivity contribution in [2.45, 2.75) is 50.0 Å². The van der Waals surface area contributed by atoms with Gasteiger partial charge in [0.1, 0.15) is 9.49 Å². The molecule has 8 heteroatoms. The molecule has 0 aliphatic carbocycles. The van der Waals surface area contributed by atoms with Crippen LogP contribution in [0.2, 0.25) is 0 Å². The Hall–Kier alpha value is 0.150. The molecule has 0 aliphatic rings. The molecule has 0 aromatic rings. The molecule has 98 valence electrons. The lowest BCUT2D eigenvalue weighted by Gasteiger charge is -2.40. The molecule has 0 bridgehead atoms. The van der Waals surface area contributed by atoms with E-state index in [2.05, 4.69) is 0 Å². The summed E-state index contributed by atoms with van der Waals surface area (Å²) < 4.78 is 51.5. The zero-order valence-electron chi connectivity index (χ0n) is 9.69. The molecule has 2 atom stereocenters. The maximum atomic E-state index is 11.5. The fourth-order valence-corrected chi connectivity index (χ4v) is 5.31. The standard InChI is InChI=1S/C8H17ClO5S2/c1-5-7(3,15(9,10)11)8(4,6-2)16(12,13)14/h5-6H2,1-4H3,(H,12,13,14). The van der Waals surface area contributed by atoms with Crippen LogP contribution in [0.1, 0.15) is 40.5 Å². The average Bonchev–Trinajstić information content (AvgIpc) is 2.11. The Labute approximate surface area is 101 Å². The van der Waals surface area contributed by atoms with Crippen LogP contribution in [0.5, 0.6) is 0 Å². The smallest absolute Gasteiger partial charge is 0.271 e. The van der Waals surface area contributed by atoms with E-state index in [1.54, 1.807) is 0 Å². The second-order valence-corrected chi connectivity index (χ2v) is 8.93. The van der Waals surface area contributed by atoms with Crippen LogP contribution in [0.15, 0.2) is 0 Å². The summed E-state index contributed by atoms with van der Waals surface area (Å²) >= 11 is 0. The molecule has 0 aromatic heterocycles. The molecule has 5 nitrogen and oxygen atoms in total. The van der Waals surface area contributed by atoms with Crippen molar-refractivity contribution >= 4 is 29.9 Å². The van der Waals surface area contributed by atoms with E-state index >= 15 is 0 Å². The monoisotopic (exact) mass is 292 g/mol. The van der Waals surface area contributed by atoms with Crippen LogP contribution in [-0.4, -0.2) is 30.9 Å². The van der Waals surface area contributed by atoms with E-state index in [9.17, 15) is 21.4 Å². The van der Waals surface area contributed by atoms with Gasteiger partial charge >= 0.3 is 0 Å². The molecular formula is C8H17ClO5S2. The highest BCUT2D eigenvalue weighted by atomic mass is 35.7. The van der Waals surface area contributed by atoms with Gasteiger partial charge in [-0.1, -0.05) is 13.8 Å². The Morgan fingerprint density at radius 3 is 1.38 bits per heavy atom. The van der Waals surface area contributed by atoms with E-state index in [-0.39, 0.29) is 12.8 Å². The van der Waals surface area contributed by atoms with Gasteiger partial charge < -0.3 is 0 Å². The van der Waals surface area contributed by atoms with E-state index in [0.717, 1.165) is 0 Å². The first-order valence-electron chi connectivity index (χ1n) is 4.78. The predicted octanol–water partition coefficient (Wildman–Crippen LogP) is 1.78. The molecular weight excluding hydrogens is 276 g/mol. The van der Waals surface area contributed by atoms with Crippen molar-refractivity contribution in [3.8, 4) is 0 Å². The molecule has 0 aliphatic heterocycles. The zero-order chi connectivity index (χ0) is 13.4. The number of rotatable bonds is 5. The van der Waals surface area contributed by atoms with Crippen LogP contribution in [0.3, 0.4) is 0 Å². The van der Waals surface area contributed by atoms with Gasteiger partial charge in [-0.3, -0.25) is 4.55 Å². The van der Waals surface area contributed by atoms with Gasteiger partial charge in [-0.25, -0.2) is 8.42 Å². The quantitative estimate of drug-likeness (QED) is 0.616. The van der Waals surface area contributed by atoms with Gasteiger partial charge in [-0.2, -0.15) is 8.42 Å². The summed E-state index contributed by atoms with van der Waals surface area (Å²) in [5.41, 5.74) is 0. The summed E-state index contributed by atoms with van der Waals surface area (Å²) in [5.74, 6) is 0. The maximum Gasteiger partial charge on any atom is 0.271 e. The highest BCUT2D eigenvalue weighted by Gasteiger charge is 2.58. The van der Waals surface area contributed by atoms with Gasteiger partial charge in [0.2, 0.25) is 9.05 Å². The van der Waals surface area contributed by atoms with Crippen LogP contribution in [0, 0.1) is 0 Å². The Kier molecular flexibility index (Phi) is 4.48. The summed E-state index contributed by atoms with van der Waals surface area (Å²) in [4.78, 5) is 0. The lowest BCUT2D eigenvalue weighted by molar-refractivity contribution is 0.357. The summed E-state index contributed by atoms with van der Waals surface area (Å²) in [7, 11) is -3.36. The second kappa shape index (κ2) is 4.44. The first-order chi connectivity index (χ1) is 6.87. The molecule has 0 amide bonds. The summed E-state index contributed by atoms with van der Waals surface area (Å²) in [6, 6.07) is 0. The first-order valence-corrected chi connectivity index (χ1v) is 8.53. The number of halogens is 1. The van der Waals surface area contributed by atoms with Crippen molar-refractivity contribution in [2.75, 3.05) is 0 Å². The molecule has 16 heavy (non-hydrogen) atoms. The van der Waals surface area contributed by atoms with Gasteiger partial charge in [-0.15, -0.1) is 0 Å². The van der Waals surface area contributed by atoms with Crippen molar-refractivity contribution in [2.24, 2.45) is 0 Å². The lowest BCUT2D eigenvalue weighted by Crippen LogP contribution is -2.57. The molecule has 2 unspecified atom stereocenters. The van der Waals surface area contributed by atoms with Crippen LogP contribution in [-0.2, 0) is 19.2 Å². The van der Waals surface area contributed by atoms with E-state index in [0.29, 0.717) is 0 Å². The molecule has 0 saturated carbocycles. The molecule has 0 radical (unpaired) electrons. The predicted molar refractivity (Wildman–Crippen MR) is 63.7 cm³/mol. The van der Waals surface area contributed by atoms with E-state index in [4.69, 9.17) is 10.7 Å². The van der Waals surface area contributed by atoms with E-state index in [1.807, 2.05) is 0 Å². The molecule has 0 heterocycles. The Morgan fingerprint density at radius 2 is 1.31 bits per heavy atom. The largest absolute Gasteiger partial charge is 0.285 e. The zero-order valence-corrected chi connectivity index (χ0v) is 12.1. The van der Waals surface area contributed by atoms with E-state index in [1.165, 1.54) is 27.7 Å². The molecule has 0 aromatic carbocycles. The van der Waals surface area contributed by atoms with Crippen molar-refractivity contribution in [3.63, 3.8) is 0 Å². The topological polar surface area (TPSA) is 88.5 Å². The van der Waals surface area contributed by atoms with Gasteiger partial charge in [-0.05, 0) is 26.7 Å². The van der Waals surface area contributed by atoms with Gasteiger partial charge in [0.25, 0.3) is 10.1 Å². The minimum atomic E-state index is -4.53. The molecule has 1 N–H and O–H groups in total. The Morgan fingerprint density at radius 1 is 1.00 bits per heavy atom. The van der Waals surface area contributed by atoms with Crippen LogP contribution < -0.4 is 0 Å². The third-order valence-electron chi connectivity index (χ3n) is 3.58. The second-order valence-electron chi connectivity index (χ2n) is 4.08. The fraction of sp³-hybridized carbons (Fsp3) is 1.00. The highest BCUT2D eigenvalue weighted by Crippen LogP contribution is 2.42. The van der Waals surface area contributed by atoms with Crippen LogP contribution >= 0.6 is 10.7 Å². The maximum absolute atomic E-state index is 11.5. The number of hydrogen-bond donors (Lipinski definition) is 1. The van der Waals surface area contributed by atoms with Gasteiger partial charge in [0.05, 0.1) is 0 Å². The summed E-state index contributed by atoms with van der Waals surface area (Å²) in [5, 5.41) is 0. The molecule has 0 rings (SSSR count). The fourth-order valence-electron chi connectivity index (χ4n) is 1.63. The normalized spacial score (nSPS) is 21.1.